The maximum Gasteiger partial charge on any atom is 0.262 e. The molecule has 2 saturated heterocycles. The fourth-order valence-electron chi connectivity index (χ4n) is 7.89. The van der Waals surface area contributed by atoms with E-state index < -0.39 is 0 Å². The molecule has 2 aromatic carbocycles. The Balaban J connectivity index is 1.03. The van der Waals surface area contributed by atoms with Crippen LogP contribution < -0.4 is 31.7 Å². The number of amides is 2. The van der Waals surface area contributed by atoms with Crippen LogP contribution in [0.5, 0.6) is 0 Å². The van der Waals surface area contributed by atoms with Gasteiger partial charge in [-0.15, -0.1) is 0 Å². The Kier molecular flexibility index (Phi) is 9.72. The van der Waals surface area contributed by atoms with Crippen molar-refractivity contribution >= 4 is 34.9 Å². The number of nitrogens with zero attached hydrogens (tertiary/aromatic N) is 4. The van der Waals surface area contributed by atoms with Gasteiger partial charge in [-0.3, -0.25) is 18.8 Å². The number of halogens is 1. The highest BCUT2D eigenvalue weighted by Crippen LogP contribution is 2.41. The van der Waals surface area contributed by atoms with Gasteiger partial charge in [0.1, 0.15) is 11.5 Å². The molecule has 272 valence electrons. The van der Waals surface area contributed by atoms with Crippen LogP contribution in [-0.4, -0.2) is 64.9 Å². The molecule has 11 nitrogen and oxygen atoms in total. The van der Waals surface area contributed by atoms with Crippen LogP contribution in [0.15, 0.2) is 77.9 Å². The minimum absolute atomic E-state index is 0.0741. The Morgan fingerprint density at radius 3 is 2.34 bits per heavy atom. The van der Waals surface area contributed by atoms with Crippen molar-refractivity contribution in [2.75, 3.05) is 31.6 Å². The van der Waals surface area contributed by atoms with Crippen LogP contribution in [0.25, 0.3) is 39.2 Å². The zero-order valence-electron chi connectivity index (χ0n) is 29.9. The summed E-state index contributed by atoms with van der Waals surface area (Å²) in [5, 5.41) is 13.6. The molecule has 2 fully saturated rings. The molecule has 53 heavy (non-hydrogen) atoms. The second-order valence-electron chi connectivity index (χ2n) is 14.4. The SMILES string of the molecule is Cc1c(-c2ccn3c(=O)c(CNC[C@@H]4CCC(=O)N4)cnc3c2)cccc1-c1cccc(-c2ccc3c(n2)N(C)CC[C@H]3NC[C@H]2CCC(=O)N2)c1Cl. The number of hydrogen-bond acceptors (Lipinski definition) is 8. The van der Waals surface area contributed by atoms with Crippen molar-refractivity contribution in [2.45, 2.75) is 63.7 Å². The molecule has 2 amide bonds. The molecular weight excluding hydrogens is 688 g/mol. The van der Waals surface area contributed by atoms with Gasteiger partial charge in [0.2, 0.25) is 11.8 Å². The van der Waals surface area contributed by atoms with Crippen molar-refractivity contribution in [1.82, 2.24) is 35.6 Å². The molecule has 6 heterocycles. The summed E-state index contributed by atoms with van der Waals surface area (Å²) in [4.78, 5) is 48.5. The van der Waals surface area contributed by atoms with Crippen LogP contribution in [-0.2, 0) is 16.1 Å². The molecule has 8 rings (SSSR count). The average Bonchev–Trinajstić information content (AvgIpc) is 3.79. The van der Waals surface area contributed by atoms with Crippen molar-refractivity contribution in [1.29, 1.82) is 0 Å². The third-order valence-electron chi connectivity index (χ3n) is 10.9. The molecule has 3 aliphatic rings. The Bertz CT molecular complexity index is 2290. The Hall–Kier alpha value is -5.10. The number of benzene rings is 2. The van der Waals surface area contributed by atoms with E-state index in [0.29, 0.717) is 42.2 Å². The second-order valence-corrected chi connectivity index (χ2v) is 14.8. The zero-order valence-corrected chi connectivity index (χ0v) is 30.7. The van der Waals surface area contributed by atoms with Gasteiger partial charge in [-0.25, -0.2) is 9.97 Å². The maximum absolute atomic E-state index is 13.3. The maximum atomic E-state index is 13.3. The van der Waals surface area contributed by atoms with Gasteiger partial charge in [0.15, 0.2) is 0 Å². The molecule has 3 atom stereocenters. The van der Waals surface area contributed by atoms with E-state index in [1.54, 1.807) is 16.8 Å². The number of aromatic nitrogens is 3. The highest BCUT2D eigenvalue weighted by molar-refractivity contribution is 6.36. The number of rotatable bonds is 10. The summed E-state index contributed by atoms with van der Waals surface area (Å²) in [7, 11) is 2.07. The summed E-state index contributed by atoms with van der Waals surface area (Å²) in [5.41, 5.74) is 8.80. The van der Waals surface area contributed by atoms with E-state index in [9.17, 15) is 14.4 Å². The first-order valence-corrected chi connectivity index (χ1v) is 18.8. The van der Waals surface area contributed by atoms with E-state index >= 15 is 0 Å². The van der Waals surface area contributed by atoms with Gasteiger partial charge in [0.05, 0.1) is 10.7 Å². The third-order valence-corrected chi connectivity index (χ3v) is 11.3. The van der Waals surface area contributed by atoms with Crippen molar-refractivity contribution in [3.63, 3.8) is 0 Å². The molecule has 0 unspecified atom stereocenters. The molecule has 0 radical (unpaired) electrons. The molecule has 12 heteroatoms. The van der Waals surface area contributed by atoms with Gasteiger partial charge in [-0.05, 0) is 66.6 Å². The van der Waals surface area contributed by atoms with E-state index in [-0.39, 0.29) is 35.5 Å². The number of carbonyl (C=O) groups is 2. The molecule has 0 aliphatic carbocycles. The fourth-order valence-corrected chi connectivity index (χ4v) is 8.21. The number of hydrogen-bond donors (Lipinski definition) is 4. The van der Waals surface area contributed by atoms with Crippen LogP contribution in [0, 0.1) is 6.92 Å². The van der Waals surface area contributed by atoms with Crippen LogP contribution in [0.1, 0.15) is 54.8 Å². The standard InChI is InChI=1S/C41H43ClN8O3/c1-24-29(25-15-18-50-36(19-25)45-21-26(41(50)53)20-43-22-27-9-13-37(51)46-27)5-3-6-30(24)31-7-4-8-32(39(31)42)35-12-11-33-34(16-17-49(2)40(33)48-35)44-23-28-10-14-38(52)47-28/h3-8,11-12,15,18-19,21,27-28,34,43-44H,9-10,13-14,16-17,20,22-23H2,1-2H3,(H,46,51)(H,47,52)/t27-,28+,34+/m0/s1. The van der Waals surface area contributed by atoms with Gasteiger partial charge < -0.3 is 26.2 Å². The first kappa shape index (κ1) is 35.0. The largest absolute Gasteiger partial charge is 0.359 e. The Morgan fingerprint density at radius 1 is 0.868 bits per heavy atom. The molecular formula is C41H43ClN8O3. The van der Waals surface area contributed by atoms with Gasteiger partial charge in [0, 0.05) is 98.8 Å². The normalized spacial score (nSPS) is 19.8. The van der Waals surface area contributed by atoms with Crippen LogP contribution in [0.4, 0.5) is 5.82 Å². The van der Waals surface area contributed by atoms with Gasteiger partial charge in [0.25, 0.3) is 5.56 Å². The van der Waals surface area contributed by atoms with E-state index in [2.05, 4.69) is 69.4 Å². The van der Waals surface area contributed by atoms with Crippen LogP contribution >= 0.6 is 11.6 Å². The smallest absolute Gasteiger partial charge is 0.262 e. The summed E-state index contributed by atoms with van der Waals surface area (Å²) < 4.78 is 1.58. The Labute approximate surface area is 313 Å². The predicted molar refractivity (Wildman–Crippen MR) is 208 cm³/mol. The first-order valence-electron chi connectivity index (χ1n) is 18.4. The fraction of sp³-hybridized carbons (Fsp3) is 0.341. The lowest BCUT2D eigenvalue weighted by atomic mass is 9.91. The summed E-state index contributed by atoms with van der Waals surface area (Å²) in [6.07, 6.45) is 7.19. The van der Waals surface area contributed by atoms with E-state index in [1.165, 1.54) is 0 Å². The predicted octanol–water partition coefficient (Wildman–Crippen LogP) is 5.17. The zero-order chi connectivity index (χ0) is 36.6. The van der Waals surface area contributed by atoms with Crippen molar-refractivity contribution < 1.29 is 9.59 Å². The van der Waals surface area contributed by atoms with Gasteiger partial charge >= 0.3 is 0 Å². The Morgan fingerprint density at radius 2 is 1.58 bits per heavy atom. The lowest BCUT2D eigenvalue weighted by Crippen LogP contribution is -2.40. The molecule has 0 spiro atoms. The monoisotopic (exact) mass is 730 g/mol. The third kappa shape index (κ3) is 7.04. The minimum Gasteiger partial charge on any atom is -0.359 e. The highest BCUT2D eigenvalue weighted by Gasteiger charge is 2.28. The minimum atomic E-state index is -0.119. The summed E-state index contributed by atoms with van der Waals surface area (Å²) in [5.74, 6) is 1.14. The average molecular weight is 731 g/mol. The van der Waals surface area contributed by atoms with Crippen molar-refractivity contribution in [2.24, 2.45) is 0 Å². The van der Waals surface area contributed by atoms with E-state index in [0.717, 1.165) is 82.8 Å². The topological polar surface area (TPSA) is 133 Å². The summed E-state index contributed by atoms with van der Waals surface area (Å²) >= 11 is 7.25. The number of fused-ring (bicyclic) bond motifs is 2. The number of carbonyl (C=O) groups excluding carboxylic acids is 2. The number of nitrogens with one attached hydrogen (secondary N) is 4. The second kappa shape index (κ2) is 14.7. The molecule has 3 aliphatic heterocycles. The van der Waals surface area contributed by atoms with Crippen LogP contribution in [0.3, 0.4) is 0 Å². The van der Waals surface area contributed by atoms with E-state index in [1.807, 2.05) is 36.4 Å². The summed E-state index contributed by atoms with van der Waals surface area (Å²) in [6.45, 7) is 4.69. The van der Waals surface area contributed by atoms with Crippen molar-refractivity contribution in [3.05, 3.63) is 105 Å². The van der Waals surface area contributed by atoms with Gasteiger partial charge in [-0.1, -0.05) is 54.1 Å². The van der Waals surface area contributed by atoms with Gasteiger partial charge in [-0.2, -0.15) is 0 Å². The van der Waals surface area contributed by atoms with Crippen molar-refractivity contribution in [3.8, 4) is 33.5 Å². The highest BCUT2D eigenvalue weighted by atomic mass is 35.5. The number of anilines is 1. The summed E-state index contributed by atoms with van der Waals surface area (Å²) in [6, 6.07) is 20.8. The lowest BCUT2D eigenvalue weighted by Gasteiger charge is -2.33. The molecule has 0 bridgehead atoms. The number of pyridine rings is 2. The molecule has 0 saturated carbocycles. The molecule has 5 aromatic rings. The molecule has 3 aromatic heterocycles. The van der Waals surface area contributed by atoms with Crippen LogP contribution in [0.2, 0.25) is 5.02 Å². The molecule has 4 N–H and O–H groups in total. The first-order chi connectivity index (χ1) is 25.7. The quantitative estimate of drug-likeness (QED) is 0.155. The van der Waals surface area contributed by atoms with E-state index in [4.69, 9.17) is 16.6 Å². The lowest BCUT2D eigenvalue weighted by molar-refractivity contribution is -0.120.